The summed E-state index contributed by atoms with van der Waals surface area (Å²) in [5.74, 6) is 3.78. The van der Waals surface area contributed by atoms with Crippen LogP contribution in [0.4, 0.5) is 5.95 Å². The molecule has 1 aromatic heterocycles. The Morgan fingerprint density at radius 2 is 2.16 bits per heavy atom. The molecule has 0 aliphatic carbocycles. The molecule has 4 heterocycles. The van der Waals surface area contributed by atoms with Crippen molar-refractivity contribution in [3.05, 3.63) is 17.6 Å². The maximum atomic E-state index is 4.80. The van der Waals surface area contributed by atoms with E-state index in [4.69, 9.17) is 9.98 Å². The number of amidine groups is 2. The van der Waals surface area contributed by atoms with Gasteiger partial charge in [-0.25, -0.2) is 20.4 Å². The highest BCUT2D eigenvalue weighted by atomic mass is 15.6. The SMILES string of the molecule is CC1=CN=C(C)N2NC(CCc3nc(N4CCCC4C)nn3C)N=C12. The first-order valence-electron chi connectivity index (χ1n) is 9.05. The molecule has 2 unspecified atom stereocenters. The summed E-state index contributed by atoms with van der Waals surface area (Å²) in [6.45, 7) is 7.33. The molecular weight excluding hydrogens is 316 g/mol. The second kappa shape index (κ2) is 6.25. The molecule has 1 aromatic rings. The van der Waals surface area contributed by atoms with E-state index in [0.717, 1.165) is 48.4 Å². The van der Waals surface area contributed by atoms with E-state index < -0.39 is 0 Å². The van der Waals surface area contributed by atoms with Crippen molar-refractivity contribution in [2.24, 2.45) is 17.0 Å². The fourth-order valence-corrected chi connectivity index (χ4v) is 3.64. The third kappa shape index (κ3) is 2.95. The highest BCUT2D eigenvalue weighted by molar-refractivity contribution is 6.10. The lowest BCUT2D eigenvalue weighted by atomic mass is 10.2. The van der Waals surface area contributed by atoms with E-state index in [0.29, 0.717) is 6.04 Å². The monoisotopic (exact) mass is 342 g/mol. The highest BCUT2D eigenvalue weighted by Crippen LogP contribution is 2.23. The molecule has 8 nitrogen and oxygen atoms in total. The molecule has 134 valence electrons. The van der Waals surface area contributed by atoms with Crippen molar-refractivity contribution < 1.29 is 0 Å². The number of nitrogens with one attached hydrogen (secondary N) is 1. The Kier molecular flexibility index (Phi) is 4.07. The number of anilines is 1. The molecule has 0 spiro atoms. The molecule has 1 N–H and O–H groups in total. The Bertz CT molecular complexity index is 759. The molecule has 2 atom stereocenters. The van der Waals surface area contributed by atoms with Crippen LogP contribution in [0, 0.1) is 0 Å². The number of aliphatic imine (C=N–C) groups is 2. The van der Waals surface area contributed by atoms with Gasteiger partial charge >= 0.3 is 0 Å². The van der Waals surface area contributed by atoms with Crippen LogP contribution in [0.1, 0.15) is 45.9 Å². The molecule has 3 aliphatic heterocycles. The van der Waals surface area contributed by atoms with Crippen LogP contribution in [0.25, 0.3) is 0 Å². The molecule has 25 heavy (non-hydrogen) atoms. The minimum atomic E-state index is 0.0486. The lowest BCUT2D eigenvalue weighted by Crippen LogP contribution is -2.45. The molecule has 0 aromatic carbocycles. The maximum Gasteiger partial charge on any atom is 0.245 e. The summed E-state index contributed by atoms with van der Waals surface area (Å²) in [5, 5.41) is 6.60. The predicted molar refractivity (Wildman–Crippen MR) is 98.4 cm³/mol. The number of aryl methyl sites for hydroxylation is 2. The van der Waals surface area contributed by atoms with Crippen molar-refractivity contribution in [1.82, 2.24) is 25.2 Å². The van der Waals surface area contributed by atoms with Gasteiger partial charge in [0.05, 0.1) is 0 Å². The number of hydrazine groups is 1. The van der Waals surface area contributed by atoms with Crippen LogP contribution in [0.3, 0.4) is 0 Å². The van der Waals surface area contributed by atoms with E-state index in [1.807, 2.05) is 36.8 Å². The summed E-state index contributed by atoms with van der Waals surface area (Å²) in [6, 6.07) is 0.533. The van der Waals surface area contributed by atoms with Crippen molar-refractivity contribution in [3.8, 4) is 0 Å². The van der Waals surface area contributed by atoms with Crippen molar-refractivity contribution in [3.63, 3.8) is 0 Å². The number of rotatable bonds is 4. The van der Waals surface area contributed by atoms with Gasteiger partial charge in [-0.3, -0.25) is 4.68 Å². The Hall–Kier alpha value is -2.22. The number of hydrogen-bond donors (Lipinski definition) is 1. The van der Waals surface area contributed by atoms with Gasteiger partial charge in [0.1, 0.15) is 23.7 Å². The third-order valence-electron chi connectivity index (χ3n) is 5.18. The summed E-state index contributed by atoms with van der Waals surface area (Å²) < 4.78 is 1.91. The number of hydrogen-bond acceptors (Lipinski definition) is 7. The molecule has 1 saturated heterocycles. The first kappa shape index (κ1) is 16.3. The van der Waals surface area contributed by atoms with Crippen LogP contribution in [0.15, 0.2) is 21.8 Å². The number of nitrogens with zero attached hydrogens (tertiary/aromatic N) is 7. The average molecular weight is 342 g/mol. The zero-order chi connectivity index (χ0) is 17.6. The second-order valence-corrected chi connectivity index (χ2v) is 7.10. The van der Waals surface area contributed by atoms with Crippen molar-refractivity contribution in [2.45, 2.75) is 58.7 Å². The minimum Gasteiger partial charge on any atom is -0.337 e. The lowest BCUT2D eigenvalue weighted by molar-refractivity contribution is 0.389. The molecule has 0 saturated carbocycles. The molecule has 0 bridgehead atoms. The van der Waals surface area contributed by atoms with Crippen molar-refractivity contribution in [1.29, 1.82) is 0 Å². The fourth-order valence-electron chi connectivity index (χ4n) is 3.64. The molecule has 8 heteroatoms. The summed E-state index contributed by atoms with van der Waals surface area (Å²) >= 11 is 0. The molecule has 0 amide bonds. The maximum absolute atomic E-state index is 4.80. The number of aromatic nitrogens is 3. The Morgan fingerprint density at radius 1 is 1.32 bits per heavy atom. The normalized spacial score (nSPS) is 25.8. The Labute approximate surface area is 148 Å². The van der Waals surface area contributed by atoms with Gasteiger partial charge in [0.15, 0.2) is 0 Å². The van der Waals surface area contributed by atoms with Crippen LogP contribution in [-0.2, 0) is 13.5 Å². The molecule has 0 radical (unpaired) electrons. The zero-order valence-corrected chi connectivity index (χ0v) is 15.4. The van der Waals surface area contributed by atoms with Gasteiger partial charge in [0.25, 0.3) is 0 Å². The van der Waals surface area contributed by atoms with Gasteiger partial charge in [-0.05, 0) is 40.0 Å². The average Bonchev–Trinajstić information content (AvgIpc) is 3.28. The van der Waals surface area contributed by atoms with Gasteiger partial charge in [0, 0.05) is 37.8 Å². The molecular formula is C17H26N8. The number of fused-ring (bicyclic) bond motifs is 1. The predicted octanol–water partition coefficient (Wildman–Crippen LogP) is 1.62. The van der Waals surface area contributed by atoms with Crippen LogP contribution < -0.4 is 10.3 Å². The highest BCUT2D eigenvalue weighted by Gasteiger charge is 2.30. The van der Waals surface area contributed by atoms with Crippen LogP contribution in [-0.4, -0.2) is 50.2 Å². The van der Waals surface area contributed by atoms with E-state index in [-0.39, 0.29) is 6.17 Å². The fraction of sp³-hybridized carbons (Fsp3) is 0.647. The zero-order valence-electron chi connectivity index (χ0n) is 15.4. The van der Waals surface area contributed by atoms with Crippen molar-refractivity contribution in [2.75, 3.05) is 11.4 Å². The summed E-state index contributed by atoms with van der Waals surface area (Å²) in [5.41, 5.74) is 4.51. The molecule has 1 fully saturated rings. The quantitative estimate of drug-likeness (QED) is 0.900. The first-order chi connectivity index (χ1) is 12.0. The van der Waals surface area contributed by atoms with E-state index in [1.54, 1.807) is 0 Å². The molecule has 3 aliphatic rings. The smallest absolute Gasteiger partial charge is 0.245 e. The van der Waals surface area contributed by atoms with E-state index in [9.17, 15) is 0 Å². The Morgan fingerprint density at radius 3 is 2.88 bits per heavy atom. The van der Waals surface area contributed by atoms with E-state index in [1.165, 1.54) is 12.8 Å². The van der Waals surface area contributed by atoms with Crippen molar-refractivity contribution >= 4 is 17.6 Å². The van der Waals surface area contributed by atoms with Gasteiger partial charge in [-0.15, -0.1) is 5.10 Å². The Balaban J connectivity index is 1.42. The van der Waals surface area contributed by atoms with Crippen LogP contribution >= 0.6 is 0 Å². The summed E-state index contributed by atoms with van der Waals surface area (Å²) in [7, 11) is 1.98. The lowest BCUT2D eigenvalue weighted by Gasteiger charge is -2.23. The van der Waals surface area contributed by atoms with E-state index >= 15 is 0 Å². The first-order valence-corrected chi connectivity index (χ1v) is 9.05. The van der Waals surface area contributed by atoms with Crippen LogP contribution in [0.5, 0.6) is 0 Å². The standard InChI is InChI=1S/C17H26N8/c1-11-10-18-13(3)25-16(11)19-14(21-25)7-8-15-20-17(22-23(15)4)24-9-5-6-12(24)2/h10,12,14,21H,5-9H2,1-4H3. The van der Waals surface area contributed by atoms with Gasteiger partial charge in [-0.2, -0.15) is 4.98 Å². The van der Waals surface area contributed by atoms with Gasteiger partial charge in [-0.1, -0.05) is 0 Å². The third-order valence-corrected chi connectivity index (χ3v) is 5.18. The van der Waals surface area contributed by atoms with E-state index in [2.05, 4.69) is 27.3 Å². The minimum absolute atomic E-state index is 0.0486. The summed E-state index contributed by atoms with van der Waals surface area (Å²) in [6.07, 6.45) is 6.09. The molecule has 4 rings (SSSR count). The van der Waals surface area contributed by atoms with Crippen LogP contribution in [0.2, 0.25) is 0 Å². The second-order valence-electron chi connectivity index (χ2n) is 7.10. The largest absolute Gasteiger partial charge is 0.337 e. The van der Waals surface area contributed by atoms with Gasteiger partial charge < -0.3 is 4.90 Å². The van der Waals surface area contributed by atoms with Gasteiger partial charge in [0.2, 0.25) is 5.95 Å². The summed E-state index contributed by atoms with van der Waals surface area (Å²) in [4.78, 5) is 16.3. The topological polar surface area (TPSA) is 73.9 Å².